The average Bonchev–Trinajstić information content (AvgIpc) is 2.09. The predicted octanol–water partition coefficient (Wildman–Crippen LogP) is 2.54. The molecule has 0 aromatic rings. The van der Waals surface area contributed by atoms with Gasteiger partial charge in [0.15, 0.2) is 0 Å². The van der Waals surface area contributed by atoms with Gasteiger partial charge < -0.3 is 4.74 Å². The van der Waals surface area contributed by atoms with Gasteiger partial charge in [-0.25, -0.2) is 0 Å². The Morgan fingerprint density at radius 2 is 1.92 bits per heavy atom. The van der Waals surface area contributed by atoms with Crippen LogP contribution in [0, 0.1) is 5.41 Å². The summed E-state index contributed by atoms with van der Waals surface area (Å²) in [5.74, 6) is -0.148. The summed E-state index contributed by atoms with van der Waals surface area (Å²) in [5, 5.41) is 0. The number of hydrogen-bond acceptors (Lipinski definition) is 2. The third-order valence-electron chi connectivity index (χ3n) is 2.33. The maximum Gasteiger partial charge on any atom is 0.315 e. The summed E-state index contributed by atoms with van der Waals surface area (Å²) in [6.45, 7) is 9.88. The number of ether oxygens (including phenoxy) is 1. The van der Waals surface area contributed by atoms with Gasteiger partial charge in [0.2, 0.25) is 0 Å². The third kappa shape index (κ3) is 2.10. The van der Waals surface area contributed by atoms with Crippen LogP contribution in [0.4, 0.5) is 0 Å². The van der Waals surface area contributed by atoms with Crippen LogP contribution in [0.5, 0.6) is 0 Å². The second-order valence-corrected chi connectivity index (χ2v) is 2.79. The molecule has 2 nitrogen and oxygen atoms in total. The summed E-state index contributed by atoms with van der Waals surface area (Å²) in [5.41, 5.74) is -0.462. The zero-order valence-electron chi connectivity index (χ0n) is 8.22. The van der Waals surface area contributed by atoms with Crippen molar-refractivity contribution < 1.29 is 9.53 Å². The van der Waals surface area contributed by atoms with Crippen molar-refractivity contribution in [2.75, 3.05) is 6.61 Å². The molecule has 0 bridgehead atoms. The minimum Gasteiger partial charge on any atom is -0.465 e. The first-order valence-corrected chi connectivity index (χ1v) is 4.47. The highest BCUT2D eigenvalue weighted by Crippen LogP contribution is 2.29. The van der Waals surface area contributed by atoms with E-state index in [2.05, 4.69) is 6.58 Å². The van der Waals surface area contributed by atoms with Crippen molar-refractivity contribution in [1.82, 2.24) is 0 Å². The normalized spacial score (nSPS) is 10.9. The summed E-state index contributed by atoms with van der Waals surface area (Å²) in [6.07, 6.45) is 3.21. The van der Waals surface area contributed by atoms with Crippen molar-refractivity contribution in [3.8, 4) is 0 Å². The van der Waals surface area contributed by atoms with Gasteiger partial charge in [-0.05, 0) is 19.8 Å². The SMILES string of the molecule is C=CC(CC)(CC)C(=O)OCC. The van der Waals surface area contributed by atoms with E-state index in [9.17, 15) is 4.79 Å². The highest BCUT2D eigenvalue weighted by Gasteiger charge is 2.32. The van der Waals surface area contributed by atoms with Crippen molar-refractivity contribution in [2.24, 2.45) is 5.41 Å². The molecule has 2 heteroatoms. The summed E-state index contributed by atoms with van der Waals surface area (Å²) < 4.78 is 4.97. The van der Waals surface area contributed by atoms with Crippen LogP contribution in [-0.4, -0.2) is 12.6 Å². The summed E-state index contributed by atoms with van der Waals surface area (Å²) >= 11 is 0. The zero-order chi connectivity index (χ0) is 9.61. The van der Waals surface area contributed by atoms with Gasteiger partial charge in [0, 0.05) is 0 Å². The van der Waals surface area contributed by atoms with Gasteiger partial charge in [-0.15, -0.1) is 6.58 Å². The fourth-order valence-electron chi connectivity index (χ4n) is 1.19. The quantitative estimate of drug-likeness (QED) is 0.468. The van der Waals surface area contributed by atoms with Crippen LogP contribution in [0.1, 0.15) is 33.6 Å². The van der Waals surface area contributed by atoms with Crippen molar-refractivity contribution in [1.29, 1.82) is 0 Å². The lowest BCUT2D eigenvalue weighted by Gasteiger charge is -2.24. The Kier molecular flexibility index (Phi) is 4.64. The van der Waals surface area contributed by atoms with E-state index in [4.69, 9.17) is 4.74 Å². The molecule has 0 fully saturated rings. The lowest BCUT2D eigenvalue weighted by Crippen LogP contribution is -2.29. The number of hydrogen-bond donors (Lipinski definition) is 0. The van der Waals surface area contributed by atoms with E-state index in [1.807, 2.05) is 20.8 Å². The van der Waals surface area contributed by atoms with Crippen LogP contribution >= 0.6 is 0 Å². The molecule has 0 unspecified atom stereocenters. The van der Waals surface area contributed by atoms with E-state index in [0.717, 1.165) is 12.8 Å². The lowest BCUT2D eigenvalue weighted by atomic mass is 9.83. The molecule has 0 spiro atoms. The van der Waals surface area contributed by atoms with E-state index in [0.29, 0.717) is 6.61 Å². The molecular weight excluding hydrogens is 152 g/mol. The van der Waals surface area contributed by atoms with Gasteiger partial charge >= 0.3 is 5.97 Å². The predicted molar refractivity (Wildman–Crippen MR) is 49.8 cm³/mol. The first kappa shape index (κ1) is 11.2. The lowest BCUT2D eigenvalue weighted by molar-refractivity contribution is -0.152. The summed E-state index contributed by atoms with van der Waals surface area (Å²) in [7, 11) is 0. The maximum atomic E-state index is 11.5. The number of carbonyl (C=O) groups excluding carboxylic acids is 1. The summed E-state index contributed by atoms with van der Waals surface area (Å²) in [6, 6.07) is 0. The van der Waals surface area contributed by atoms with Gasteiger partial charge in [0.1, 0.15) is 0 Å². The molecule has 0 radical (unpaired) electrons. The van der Waals surface area contributed by atoms with Crippen LogP contribution in [0.2, 0.25) is 0 Å². The molecule has 0 aliphatic carbocycles. The Morgan fingerprint density at radius 1 is 1.42 bits per heavy atom. The molecule has 0 heterocycles. The Hall–Kier alpha value is -0.790. The molecule has 0 aromatic heterocycles. The van der Waals surface area contributed by atoms with E-state index in [1.54, 1.807) is 6.08 Å². The Bertz CT molecular complexity index is 157. The summed E-state index contributed by atoms with van der Waals surface area (Å²) in [4.78, 5) is 11.5. The highest BCUT2D eigenvalue weighted by atomic mass is 16.5. The van der Waals surface area contributed by atoms with Crippen LogP contribution in [-0.2, 0) is 9.53 Å². The molecule has 0 saturated carbocycles. The van der Waals surface area contributed by atoms with Gasteiger partial charge in [-0.1, -0.05) is 19.9 Å². The molecule has 0 aliphatic heterocycles. The number of carbonyl (C=O) groups is 1. The largest absolute Gasteiger partial charge is 0.465 e. The van der Waals surface area contributed by atoms with E-state index >= 15 is 0 Å². The van der Waals surface area contributed by atoms with Crippen LogP contribution in [0.25, 0.3) is 0 Å². The molecule has 0 rings (SSSR count). The first-order chi connectivity index (χ1) is 5.66. The minimum atomic E-state index is -0.462. The molecule has 70 valence electrons. The fourth-order valence-corrected chi connectivity index (χ4v) is 1.19. The van der Waals surface area contributed by atoms with E-state index < -0.39 is 5.41 Å². The standard InChI is InChI=1S/C10H18O2/c1-5-10(6-2,7-3)9(11)12-8-4/h5H,1,6-8H2,2-4H3. The van der Waals surface area contributed by atoms with Crippen LogP contribution in [0.15, 0.2) is 12.7 Å². The zero-order valence-corrected chi connectivity index (χ0v) is 8.22. The van der Waals surface area contributed by atoms with Crippen molar-refractivity contribution in [3.63, 3.8) is 0 Å². The molecule has 0 atom stereocenters. The van der Waals surface area contributed by atoms with Crippen molar-refractivity contribution >= 4 is 5.97 Å². The second-order valence-electron chi connectivity index (χ2n) is 2.79. The van der Waals surface area contributed by atoms with E-state index in [-0.39, 0.29) is 5.97 Å². The number of rotatable bonds is 5. The fraction of sp³-hybridized carbons (Fsp3) is 0.700. The molecular formula is C10H18O2. The van der Waals surface area contributed by atoms with Crippen LogP contribution in [0.3, 0.4) is 0 Å². The molecule has 0 N–H and O–H groups in total. The average molecular weight is 170 g/mol. The minimum absolute atomic E-state index is 0.148. The van der Waals surface area contributed by atoms with Crippen molar-refractivity contribution in [3.05, 3.63) is 12.7 Å². The van der Waals surface area contributed by atoms with Gasteiger partial charge in [-0.2, -0.15) is 0 Å². The Balaban J connectivity index is 4.47. The van der Waals surface area contributed by atoms with Crippen molar-refractivity contribution in [2.45, 2.75) is 33.6 Å². The maximum absolute atomic E-state index is 11.5. The Labute approximate surface area is 74.6 Å². The van der Waals surface area contributed by atoms with E-state index in [1.165, 1.54) is 0 Å². The monoisotopic (exact) mass is 170 g/mol. The third-order valence-corrected chi connectivity index (χ3v) is 2.33. The first-order valence-electron chi connectivity index (χ1n) is 4.47. The molecule has 0 saturated heterocycles. The van der Waals surface area contributed by atoms with Gasteiger partial charge in [0.25, 0.3) is 0 Å². The molecule has 0 aliphatic rings. The second kappa shape index (κ2) is 4.96. The Morgan fingerprint density at radius 3 is 2.17 bits per heavy atom. The molecule has 0 aromatic carbocycles. The topological polar surface area (TPSA) is 26.3 Å². The van der Waals surface area contributed by atoms with Gasteiger partial charge in [-0.3, -0.25) is 4.79 Å². The smallest absolute Gasteiger partial charge is 0.315 e. The number of esters is 1. The molecule has 12 heavy (non-hydrogen) atoms. The van der Waals surface area contributed by atoms with Crippen LogP contribution < -0.4 is 0 Å². The van der Waals surface area contributed by atoms with Gasteiger partial charge in [0.05, 0.1) is 12.0 Å². The highest BCUT2D eigenvalue weighted by molar-refractivity contribution is 5.78. The molecule has 0 amide bonds.